The van der Waals surface area contributed by atoms with Crippen molar-refractivity contribution >= 4 is 23.2 Å². The van der Waals surface area contributed by atoms with Crippen molar-refractivity contribution in [2.75, 3.05) is 10.6 Å². The van der Waals surface area contributed by atoms with Gasteiger partial charge in [0, 0.05) is 17.3 Å². The minimum Gasteiger partial charge on any atom is -0.326 e. The van der Waals surface area contributed by atoms with Gasteiger partial charge in [0.1, 0.15) is 0 Å². The van der Waals surface area contributed by atoms with Crippen LogP contribution in [-0.4, -0.2) is 11.8 Å². The lowest BCUT2D eigenvalue weighted by molar-refractivity contribution is -0.117. The number of benzene rings is 1. The number of allylic oxidation sites excluding steroid dienone is 1. The smallest absolute Gasteiger partial charge is 0.248 e. The number of carbonyl (C=O) groups is 2. The summed E-state index contributed by atoms with van der Waals surface area (Å²) in [5.41, 5.74) is 1.49. The van der Waals surface area contributed by atoms with Crippen molar-refractivity contribution in [3.63, 3.8) is 0 Å². The van der Waals surface area contributed by atoms with Gasteiger partial charge in [-0.1, -0.05) is 19.4 Å². The van der Waals surface area contributed by atoms with Gasteiger partial charge in [-0.2, -0.15) is 0 Å². The van der Waals surface area contributed by atoms with Gasteiger partial charge in [0.2, 0.25) is 11.8 Å². The SMILES string of the molecule is CCCC=CC(=O)Nc1ccc(NC(=O)C2CC2)cc1. The Morgan fingerprint density at radius 1 is 1.15 bits per heavy atom. The van der Waals surface area contributed by atoms with Crippen molar-refractivity contribution < 1.29 is 9.59 Å². The van der Waals surface area contributed by atoms with Crippen LogP contribution >= 0.6 is 0 Å². The Hall–Kier alpha value is -2.10. The maximum atomic E-state index is 11.6. The summed E-state index contributed by atoms with van der Waals surface area (Å²) in [4.78, 5) is 23.2. The Kier molecular flexibility index (Phi) is 4.93. The number of hydrogen-bond acceptors (Lipinski definition) is 2. The predicted octanol–water partition coefficient (Wildman–Crippen LogP) is 3.33. The van der Waals surface area contributed by atoms with E-state index in [1.807, 2.05) is 6.08 Å². The third-order valence-corrected chi connectivity index (χ3v) is 3.09. The first kappa shape index (κ1) is 14.3. The first-order valence-electron chi connectivity index (χ1n) is 7.07. The molecule has 0 radical (unpaired) electrons. The van der Waals surface area contributed by atoms with Gasteiger partial charge in [-0.3, -0.25) is 9.59 Å². The molecule has 0 aromatic heterocycles. The molecule has 0 spiro atoms. The normalized spacial score (nSPS) is 14.2. The van der Waals surface area contributed by atoms with E-state index in [0.29, 0.717) is 0 Å². The molecule has 1 aliphatic rings. The molecule has 0 aliphatic heterocycles. The number of hydrogen-bond donors (Lipinski definition) is 2. The van der Waals surface area contributed by atoms with E-state index in [9.17, 15) is 9.59 Å². The molecule has 106 valence electrons. The van der Waals surface area contributed by atoms with Crippen molar-refractivity contribution in [3.05, 3.63) is 36.4 Å². The minimum atomic E-state index is -0.131. The molecule has 2 amide bonds. The Bertz CT molecular complexity index is 502. The number of unbranched alkanes of at least 4 members (excludes halogenated alkanes) is 1. The summed E-state index contributed by atoms with van der Waals surface area (Å²) >= 11 is 0. The average molecular weight is 272 g/mol. The number of nitrogens with one attached hydrogen (secondary N) is 2. The molecule has 2 rings (SSSR count). The molecule has 1 aliphatic carbocycles. The number of anilines is 2. The lowest BCUT2D eigenvalue weighted by atomic mass is 10.2. The van der Waals surface area contributed by atoms with Gasteiger partial charge < -0.3 is 10.6 Å². The third-order valence-electron chi connectivity index (χ3n) is 3.09. The van der Waals surface area contributed by atoms with Crippen molar-refractivity contribution in [2.24, 2.45) is 5.92 Å². The van der Waals surface area contributed by atoms with Crippen LogP contribution in [0.5, 0.6) is 0 Å². The monoisotopic (exact) mass is 272 g/mol. The van der Waals surface area contributed by atoms with Crippen LogP contribution in [0.1, 0.15) is 32.6 Å². The highest BCUT2D eigenvalue weighted by Gasteiger charge is 2.29. The molecule has 0 saturated heterocycles. The second kappa shape index (κ2) is 6.89. The average Bonchev–Trinajstić information content (AvgIpc) is 3.26. The predicted molar refractivity (Wildman–Crippen MR) is 80.5 cm³/mol. The molecule has 1 saturated carbocycles. The highest BCUT2D eigenvalue weighted by Crippen LogP contribution is 2.30. The van der Waals surface area contributed by atoms with Gasteiger partial charge in [0.05, 0.1) is 0 Å². The Labute approximate surface area is 119 Å². The van der Waals surface area contributed by atoms with Crippen LogP contribution in [0.25, 0.3) is 0 Å². The van der Waals surface area contributed by atoms with E-state index in [-0.39, 0.29) is 17.7 Å². The van der Waals surface area contributed by atoms with Gasteiger partial charge in [0.25, 0.3) is 0 Å². The largest absolute Gasteiger partial charge is 0.326 e. The molecule has 1 aromatic carbocycles. The second-order valence-electron chi connectivity index (χ2n) is 5.02. The molecular formula is C16H20N2O2. The molecule has 0 heterocycles. The Balaban J connectivity index is 1.84. The topological polar surface area (TPSA) is 58.2 Å². The van der Waals surface area contributed by atoms with Crippen LogP contribution in [0, 0.1) is 5.92 Å². The number of rotatable bonds is 6. The first-order chi connectivity index (χ1) is 9.69. The third kappa shape index (κ3) is 4.53. The zero-order valence-corrected chi connectivity index (χ0v) is 11.7. The van der Waals surface area contributed by atoms with Gasteiger partial charge in [-0.05, 0) is 49.6 Å². The van der Waals surface area contributed by atoms with E-state index in [2.05, 4.69) is 17.6 Å². The zero-order valence-electron chi connectivity index (χ0n) is 11.7. The second-order valence-corrected chi connectivity index (χ2v) is 5.02. The fourth-order valence-electron chi connectivity index (χ4n) is 1.77. The van der Waals surface area contributed by atoms with Crippen molar-refractivity contribution in [1.29, 1.82) is 0 Å². The standard InChI is InChI=1S/C16H20N2O2/c1-2-3-4-5-15(19)17-13-8-10-14(11-9-13)18-16(20)12-6-7-12/h4-5,8-12H,2-3,6-7H2,1H3,(H,17,19)(H,18,20). The van der Waals surface area contributed by atoms with Crippen LogP contribution in [-0.2, 0) is 9.59 Å². The Morgan fingerprint density at radius 2 is 1.75 bits per heavy atom. The lowest BCUT2D eigenvalue weighted by Gasteiger charge is -2.06. The maximum Gasteiger partial charge on any atom is 0.248 e. The summed E-state index contributed by atoms with van der Waals surface area (Å²) in [6, 6.07) is 7.17. The van der Waals surface area contributed by atoms with Crippen LogP contribution in [0.15, 0.2) is 36.4 Å². The summed E-state index contributed by atoms with van der Waals surface area (Å²) in [6.45, 7) is 2.07. The summed E-state index contributed by atoms with van der Waals surface area (Å²) in [6.07, 6.45) is 7.32. The minimum absolute atomic E-state index is 0.0873. The summed E-state index contributed by atoms with van der Waals surface area (Å²) < 4.78 is 0. The molecule has 4 heteroatoms. The van der Waals surface area contributed by atoms with Gasteiger partial charge in [-0.25, -0.2) is 0 Å². The van der Waals surface area contributed by atoms with E-state index in [1.165, 1.54) is 0 Å². The molecule has 0 unspecified atom stereocenters. The molecule has 0 atom stereocenters. The maximum absolute atomic E-state index is 11.6. The van der Waals surface area contributed by atoms with Crippen molar-refractivity contribution in [1.82, 2.24) is 0 Å². The molecule has 1 fully saturated rings. The van der Waals surface area contributed by atoms with Crippen LogP contribution < -0.4 is 10.6 Å². The van der Waals surface area contributed by atoms with E-state index >= 15 is 0 Å². The highest BCUT2D eigenvalue weighted by atomic mass is 16.2. The van der Waals surface area contributed by atoms with E-state index in [1.54, 1.807) is 30.3 Å². The first-order valence-corrected chi connectivity index (χ1v) is 7.07. The number of carbonyl (C=O) groups excluding carboxylic acids is 2. The molecule has 1 aromatic rings. The summed E-state index contributed by atoms with van der Waals surface area (Å²) in [5, 5.41) is 5.64. The van der Waals surface area contributed by atoms with E-state index < -0.39 is 0 Å². The molecule has 4 nitrogen and oxygen atoms in total. The molecule has 20 heavy (non-hydrogen) atoms. The highest BCUT2D eigenvalue weighted by molar-refractivity contribution is 5.99. The summed E-state index contributed by atoms with van der Waals surface area (Å²) in [5.74, 6) is 0.149. The zero-order chi connectivity index (χ0) is 14.4. The molecular weight excluding hydrogens is 252 g/mol. The van der Waals surface area contributed by atoms with Crippen LogP contribution in [0.3, 0.4) is 0 Å². The lowest BCUT2D eigenvalue weighted by Crippen LogP contribution is -2.13. The van der Waals surface area contributed by atoms with Gasteiger partial charge in [-0.15, -0.1) is 0 Å². The van der Waals surface area contributed by atoms with Crippen molar-refractivity contribution in [3.8, 4) is 0 Å². The van der Waals surface area contributed by atoms with Crippen molar-refractivity contribution in [2.45, 2.75) is 32.6 Å². The van der Waals surface area contributed by atoms with Crippen LogP contribution in [0.4, 0.5) is 11.4 Å². The van der Waals surface area contributed by atoms with Crippen LogP contribution in [0.2, 0.25) is 0 Å². The fraction of sp³-hybridized carbons (Fsp3) is 0.375. The van der Waals surface area contributed by atoms with Gasteiger partial charge >= 0.3 is 0 Å². The van der Waals surface area contributed by atoms with E-state index in [4.69, 9.17) is 0 Å². The Morgan fingerprint density at radius 3 is 2.30 bits per heavy atom. The molecule has 2 N–H and O–H groups in total. The summed E-state index contributed by atoms with van der Waals surface area (Å²) in [7, 11) is 0. The quantitative estimate of drug-likeness (QED) is 0.780. The fourth-order valence-corrected chi connectivity index (χ4v) is 1.77. The molecule has 0 bridgehead atoms. The van der Waals surface area contributed by atoms with Gasteiger partial charge in [0.15, 0.2) is 0 Å². The number of amides is 2. The van der Waals surface area contributed by atoms with E-state index in [0.717, 1.165) is 37.1 Å².